The van der Waals surface area contributed by atoms with Crippen molar-refractivity contribution in [1.29, 1.82) is 0 Å². The highest BCUT2D eigenvalue weighted by atomic mass is 19.3. The summed E-state index contributed by atoms with van der Waals surface area (Å²) in [7, 11) is 0. The molecule has 0 saturated carbocycles. The number of nitrogens with one attached hydrogen (secondary N) is 2. The van der Waals surface area contributed by atoms with Gasteiger partial charge in [-0.15, -0.1) is 0 Å². The molecule has 3 rings (SSSR count). The fourth-order valence-corrected chi connectivity index (χ4v) is 3.16. The molecular weight excluding hydrogens is 368 g/mol. The van der Waals surface area contributed by atoms with Crippen molar-refractivity contribution in [2.24, 2.45) is 0 Å². The van der Waals surface area contributed by atoms with Crippen molar-refractivity contribution < 1.29 is 18.4 Å². The van der Waals surface area contributed by atoms with Crippen LogP contribution < -0.4 is 10.6 Å². The Hall–Kier alpha value is -2.97. The van der Waals surface area contributed by atoms with Gasteiger partial charge in [0.15, 0.2) is 0 Å². The third kappa shape index (κ3) is 4.85. The molecule has 1 aromatic heterocycles. The summed E-state index contributed by atoms with van der Waals surface area (Å²) < 4.78 is 26.2. The Morgan fingerprint density at radius 2 is 1.89 bits per heavy atom. The van der Waals surface area contributed by atoms with E-state index in [0.717, 1.165) is 5.56 Å². The molecule has 1 aromatic carbocycles. The zero-order chi connectivity index (χ0) is 20.1. The van der Waals surface area contributed by atoms with Gasteiger partial charge in [0.1, 0.15) is 5.82 Å². The molecule has 0 unspecified atom stereocenters. The lowest BCUT2D eigenvalue weighted by atomic mass is 10.0. The predicted molar refractivity (Wildman–Crippen MR) is 99.0 cm³/mol. The lowest BCUT2D eigenvalue weighted by Gasteiger charge is -2.32. The van der Waals surface area contributed by atoms with E-state index in [1.807, 2.05) is 31.2 Å². The molecule has 150 valence electrons. The van der Waals surface area contributed by atoms with Gasteiger partial charge in [-0.3, -0.25) is 9.36 Å². The highest BCUT2D eigenvalue weighted by Gasteiger charge is 2.24. The van der Waals surface area contributed by atoms with Crippen molar-refractivity contribution in [1.82, 2.24) is 25.1 Å². The van der Waals surface area contributed by atoms with E-state index < -0.39 is 12.6 Å². The van der Waals surface area contributed by atoms with E-state index >= 15 is 0 Å². The first-order valence-corrected chi connectivity index (χ1v) is 9.14. The number of rotatable bonds is 5. The second kappa shape index (κ2) is 8.81. The van der Waals surface area contributed by atoms with Crippen molar-refractivity contribution >= 4 is 11.9 Å². The molecule has 0 spiro atoms. The molecular formula is C19H23F2N5O2. The van der Waals surface area contributed by atoms with E-state index in [1.165, 1.54) is 12.4 Å². The fourth-order valence-electron chi connectivity index (χ4n) is 3.16. The van der Waals surface area contributed by atoms with Crippen LogP contribution in [0, 0.1) is 6.92 Å². The molecule has 9 heteroatoms. The number of likely N-dealkylation sites (tertiary alicyclic amines) is 1. The molecule has 2 aromatic rings. The summed E-state index contributed by atoms with van der Waals surface area (Å²) >= 11 is 0. The molecule has 1 saturated heterocycles. The first-order valence-electron chi connectivity index (χ1n) is 9.14. The topological polar surface area (TPSA) is 79.3 Å². The maximum Gasteiger partial charge on any atom is 0.319 e. The number of benzene rings is 1. The van der Waals surface area contributed by atoms with Crippen LogP contribution in [0.1, 0.15) is 41.1 Å². The summed E-state index contributed by atoms with van der Waals surface area (Å²) in [4.78, 5) is 30.1. The number of aryl methyl sites for hydroxylation is 1. The molecule has 0 atom stereocenters. The minimum atomic E-state index is -2.70. The second-order valence-electron chi connectivity index (χ2n) is 6.79. The van der Waals surface area contributed by atoms with Crippen LogP contribution in [0.3, 0.4) is 0 Å². The van der Waals surface area contributed by atoms with Crippen LogP contribution in [0.25, 0.3) is 0 Å². The third-order valence-electron chi connectivity index (χ3n) is 4.78. The number of carbonyl (C=O) groups excluding carboxylic acids is 2. The van der Waals surface area contributed by atoms with Crippen LogP contribution in [0.4, 0.5) is 13.6 Å². The van der Waals surface area contributed by atoms with Gasteiger partial charge in [-0.05, 0) is 31.9 Å². The maximum absolute atomic E-state index is 12.8. The Balaban J connectivity index is 1.43. The molecule has 0 aliphatic carbocycles. The first-order chi connectivity index (χ1) is 13.4. The summed E-state index contributed by atoms with van der Waals surface area (Å²) in [5.74, 6) is 0.0744. The number of hydrogen-bond donors (Lipinski definition) is 2. The van der Waals surface area contributed by atoms with Crippen LogP contribution in [0.15, 0.2) is 36.7 Å². The average molecular weight is 391 g/mol. The highest BCUT2D eigenvalue weighted by Crippen LogP contribution is 2.15. The Labute approximate surface area is 161 Å². The number of amides is 3. The number of piperidine rings is 1. The second-order valence-corrected chi connectivity index (χ2v) is 6.79. The van der Waals surface area contributed by atoms with E-state index in [1.54, 1.807) is 4.90 Å². The van der Waals surface area contributed by atoms with Gasteiger partial charge >= 0.3 is 12.6 Å². The lowest BCUT2D eigenvalue weighted by Crippen LogP contribution is -2.49. The van der Waals surface area contributed by atoms with Gasteiger partial charge < -0.3 is 15.5 Å². The maximum atomic E-state index is 12.8. The molecule has 3 amide bonds. The zero-order valence-corrected chi connectivity index (χ0v) is 15.6. The van der Waals surface area contributed by atoms with Gasteiger partial charge in [0.2, 0.25) is 0 Å². The Morgan fingerprint density at radius 3 is 2.54 bits per heavy atom. The van der Waals surface area contributed by atoms with Crippen LogP contribution in [0.2, 0.25) is 0 Å². The number of urea groups is 1. The van der Waals surface area contributed by atoms with Crippen LogP contribution in [-0.2, 0) is 6.54 Å². The number of halogens is 2. The van der Waals surface area contributed by atoms with E-state index in [9.17, 15) is 18.4 Å². The minimum Gasteiger partial charge on any atom is -0.338 e. The van der Waals surface area contributed by atoms with Crippen molar-refractivity contribution in [3.05, 3.63) is 53.6 Å². The van der Waals surface area contributed by atoms with Crippen LogP contribution in [-0.4, -0.2) is 45.5 Å². The Bertz CT molecular complexity index is 814. The van der Waals surface area contributed by atoms with E-state index in [-0.39, 0.29) is 24.3 Å². The molecule has 7 nitrogen and oxygen atoms in total. The van der Waals surface area contributed by atoms with Crippen molar-refractivity contribution in [2.45, 2.75) is 38.9 Å². The molecule has 28 heavy (non-hydrogen) atoms. The molecule has 2 N–H and O–H groups in total. The van der Waals surface area contributed by atoms with E-state index in [2.05, 4.69) is 15.6 Å². The van der Waals surface area contributed by atoms with Gasteiger partial charge in [0.05, 0.1) is 6.54 Å². The smallest absolute Gasteiger partial charge is 0.319 e. The van der Waals surface area contributed by atoms with Crippen molar-refractivity contribution in [3.63, 3.8) is 0 Å². The summed E-state index contributed by atoms with van der Waals surface area (Å²) in [6, 6.07) is 6.94. The van der Waals surface area contributed by atoms with Gasteiger partial charge in [-0.2, -0.15) is 8.78 Å². The fraction of sp³-hybridized carbons (Fsp3) is 0.421. The SMILES string of the molecule is Cc1ccc(C(=O)N2CCC(NC(=O)NCc3nccn3C(F)F)CC2)cc1. The lowest BCUT2D eigenvalue weighted by molar-refractivity contribution is 0.0664. The highest BCUT2D eigenvalue weighted by molar-refractivity contribution is 5.94. The predicted octanol–water partition coefficient (Wildman–Crippen LogP) is 2.69. The quantitative estimate of drug-likeness (QED) is 0.823. The molecule has 1 aliphatic heterocycles. The summed E-state index contributed by atoms with van der Waals surface area (Å²) in [6.45, 7) is 0.282. The van der Waals surface area contributed by atoms with Crippen molar-refractivity contribution in [3.8, 4) is 0 Å². The number of nitrogens with zero attached hydrogens (tertiary/aromatic N) is 3. The summed E-state index contributed by atoms with van der Waals surface area (Å²) in [5, 5.41) is 5.37. The number of aromatic nitrogens is 2. The Morgan fingerprint density at radius 1 is 1.21 bits per heavy atom. The number of alkyl halides is 2. The zero-order valence-electron chi connectivity index (χ0n) is 15.6. The summed E-state index contributed by atoms with van der Waals surface area (Å²) in [5.41, 5.74) is 1.76. The van der Waals surface area contributed by atoms with Crippen molar-refractivity contribution in [2.75, 3.05) is 13.1 Å². The minimum absolute atomic E-state index is 0.0123. The first kappa shape index (κ1) is 19.8. The Kier molecular flexibility index (Phi) is 6.23. The average Bonchev–Trinajstić information content (AvgIpc) is 3.16. The normalized spacial score (nSPS) is 14.9. The number of carbonyl (C=O) groups is 2. The number of hydrogen-bond acceptors (Lipinski definition) is 3. The number of imidazole rings is 1. The molecule has 1 fully saturated rings. The van der Waals surface area contributed by atoms with Gasteiger partial charge in [-0.25, -0.2) is 9.78 Å². The van der Waals surface area contributed by atoms with E-state index in [0.29, 0.717) is 36.1 Å². The van der Waals surface area contributed by atoms with E-state index in [4.69, 9.17) is 0 Å². The van der Waals surface area contributed by atoms with Gasteiger partial charge in [-0.1, -0.05) is 17.7 Å². The summed E-state index contributed by atoms with van der Waals surface area (Å²) in [6.07, 6.45) is 3.70. The largest absolute Gasteiger partial charge is 0.338 e. The molecule has 1 aliphatic rings. The van der Waals surface area contributed by atoms with Gasteiger partial charge in [0, 0.05) is 37.1 Å². The monoisotopic (exact) mass is 391 g/mol. The van der Waals surface area contributed by atoms with Crippen LogP contribution >= 0.6 is 0 Å². The molecule has 2 heterocycles. The van der Waals surface area contributed by atoms with Crippen LogP contribution in [0.5, 0.6) is 0 Å². The van der Waals surface area contributed by atoms with Gasteiger partial charge in [0.25, 0.3) is 5.91 Å². The third-order valence-corrected chi connectivity index (χ3v) is 4.78. The standard InChI is InChI=1S/C19H23F2N5O2/c1-13-2-4-14(5-3-13)17(27)25-9-6-15(7-10-25)24-19(28)23-12-16-22-8-11-26(16)18(20)21/h2-5,8,11,15,18H,6-7,9-10,12H2,1H3,(H2,23,24,28). The molecule has 0 bridgehead atoms. The molecule has 0 radical (unpaired) electrons.